The van der Waals surface area contributed by atoms with E-state index >= 15 is 0 Å². The van der Waals surface area contributed by atoms with Gasteiger partial charge in [0.25, 0.3) is 0 Å². The number of ether oxygens (including phenoxy) is 2. The van der Waals surface area contributed by atoms with Crippen molar-refractivity contribution in [2.75, 3.05) is 0 Å². The van der Waals surface area contributed by atoms with Crippen LogP contribution in [-0.2, 0) is 25.5 Å². The molecule has 5 atom stereocenters. The Hall–Kier alpha value is -2.04. The third kappa shape index (κ3) is 3.44. The molecule has 27 heavy (non-hydrogen) atoms. The minimum Gasteiger partial charge on any atom is -0.469 e. The Morgan fingerprint density at radius 1 is 1.22 bits per heavy atom. The number of allylic oxidation sites excluding steroid dienone is 1. The third-order valence-corrected chi connectivity index (χ3v) is 6.54. The van der Waals surface area contributed by atoms with Crippen molar-refractivity contribution in [3.05, 3.63) is 34.8 Å². The van der Waals surface area contributed by atoms with Crippen molar-refractivity contribution in [1.82, 2.24) is 0 Å². The Labute approximate surface area is 161 Å². The quantitative estimate of drug-likeness (QED) is 0.568. The number of aryl methyl sites for hydroxylation is 1. The van der Waals surface area contributed by atoms with Crippen molar-refractivity contribution >= 4 is 11.9 Å². The SMILES string of the molecule is CC(=O)O[C@@H]1c2c(C)coc2C[C@H]2CC[C@H](OC(=O)C=C(C)C)[C@H](C)[C@]21C. The summed E-state index contributed by atoms with van der Waals surface area (Å²) < 4.78 is 17.4. The Balaban J connectivity index is 1.96. The molecule has 0 bridgehead atoms. The highest BCUT2D eigenvalue weighted by Gasteiger charge is 2.57. The fourth-order valence-corrected chi connectivity index (χ4v) is 4.96. The fourth-order valence-electron chi connectivity index (χ4n) is 4.96. The zero-order chi connectivity index (χ0) is 19.9. The Bertz CT molecular complexity index is 770. The van der Waals surface area contributed by atoms with Gasteiger partial charge in [-0.1, -0.05) is 19.4 Å². The molecule has 2 aliphatic rings. The van der Waals surface area contributed by atoms with Gasteiger partial charge < -0.3 is 13.9 Å². The number of furan rings is 1. The summed E-state index contributed by atoms with van der Waals surface area (Å²) in [7, 11) is 0. The summed E-state index contributed by atoms with van der Waals surface area (Å²) >= 11 is 0. The first-order chi connectivity index (χ1) is 12.6. The second kappa shape index (κ2) is 7.17. The number of fused-ring (bicyclic) bond motifs is 2. The molecule has 1 aromatic rings. The Morgan fingerprint density at radius 2 is 1.93 bits per heavy atom. The maximum Gasteiger partial charge on any atom is 0.330 e. The lowest BCUT2D eigenvalue weighted by Gasteiger charge is -2.54. The van der Waals surface area contributed by atoms with Gasteiger partial charge in [-0.3, -0.25) is 4.79 Å². The van der Waals surface area contributed by atoms with Gasteiger partial charge in [-0.2, -0.15) is 0 Å². The van der Waals surface area contributed by atoms with Crippen LogP contribution in [0.1, 0.15) is 70.5 Å². The largest absolute Gasteiger partial charge is 0.469 e. The zero-order valence-electron chi connectivity index (χ0n) is 17.1. The predicted molar refractivity (Wildman–Crippen MR) is 101 cm³/mol. The van der Waals surface area contributed by atoms with Crippen LogP contribution >= 0.6 is 0 Å². The zero-order valence-corrected chi connectivity index (χ0v) is 17.1. The van der Waals surface area contributed by atoms with Crippen molar-refractivity contribution < 1.29 is 23.5 Å². The lowest BCUT2D eigenvalue weighted by molar-refractivity contribution is -0.184. The molecule has 0 unspecified atom stereocenters. The van der Waals surface area contributed by atoms with Gasteiger partial charge in [0.1, 0.15) is 18.0 Å². The number of esters is 2. The molecule has 0 aliphatic heterocycles. The van der Waals surface area contributed by atoms with Crippen LogP contribution in [0.3, 0.4) is 0 Å². The van der Waals surface area contributed by atoms with Crippen LogP contribution in [0, 0.1) is 24.2 Å². The van der Waals surface area contributed by atoms with Gasteiger partial charge in [0.2, 0.25) is 0 Å². The highest BCUT2D eigenvalue weighted by Crippen LogP contribution is 2.59. The number of hydrogen-bond acceptors (Lipinski definition) is 5. The van der Waals surface area contributed by atoms with Crippen LogP contribution in [-0.4, -0.2) is 18.0 Å². The van der Waals surface area contributed by atoms with Crippen molar-refractivity contribution in [3.63, 3.8) is 0 Å². The fraction of sp³-hybridized carbons (Fsp3) is 0.636. The van der Waals surface area contributed by atoms with E-state index in [-0.39, 0.29) is 35.5 Å². The smallest absolute Gasteiger partial charge is 0.330 e. The summed E-state index contributed by atoms with van der Waals surface area (Å²) in [6, 6.07) is 0. The second-order valence-corrected chi connectivity index (χ2v) is 8.58. The van der Waals surface area contributed by atoms with Gasteiger partial charge in [-0.05, 0) is 45.1 Å². The molecule has 0 saturated heterocycles. The normalized spacial score (nSPS) is 32.1. The van der Waals surface area contributed by atoms with Crippen LogP contribution in [0.4, 0.5) is 0 Å². The van der Waals surface area contributed by atoms with E-state index < -0.39 is 0 Å². The molecule has 148 valence electrons. The van der Waals surface area contributed by atoms with Gasteiger partial charge in [0.15, 0.2) is 0 Å². The molecule has 5 heteroatoms. The van der Waals surface area contributed by atoms with Crippen molar-refractivity contribution in [1.29, 1.82) is 0 Å². The molecule has 1 aromatic heterocycles. The molecule has 5 nitrogen and oxygen atoms in total. The summed E-state index contributed by atoms with van der Waals surface area (Å²) in [5, 5.41) is 0. The first-order valence-corrected chi connectivity index (χ1v) is 9.74. The van der Waals surface area contributed by atoms with E-state index in [4.69, 9.17) is 13.9 Å². The first-order valence-electron chi connectivity index (χ1n) is 9.74. The van der Waals surface area contributed by atoms with Crippen LogP contribution < -0.4 is 0 Å². The van der Waals surface area contributed by atoms with Crippen LogP contribution in [0.25, 0.3) is 0 Å². The van der Waals surface area contributed by atoms with E-state index in [2.05, 4.69) is 13.8 Å². The first kappa shape index (κ1) is 19.7. The summed E-state index contributed by atoms with van der Waals surface area (Å²) in [5.41, 5.74) is 2.60. The molecule has 1 saturated carbocycles. The molecule has 0 radical (unpaired) electrons. The van der Waals surface area contributed by atoms with Gasteiger partial charge in [-0.25, -0.2) is 4.79 Å². The summed E-state index contributed by atoms with van der Waals surface area (Å²) in [4.78, 5) is 24.1. The molecule has 0 amide bonds. The molecule has 1 heterocycles. The number of rotatable bonds is 3. The third-order valence-electron chi connectivity index (χ3n) is 6.54. The van der Waals surface area contributed by atoms with Crippen LogP contribution in [0.5, 0.6) is 0 Å². The highest BCUT2D eigenvalue weighted by atomic mass is 16.6. The topological polar surface area (TPSA) is 65.7 Å². The Kier molecular flexibility index (Phi) is 5.24. The standard InChI is InChI=1S/C22H30O5/c1-12(2)9-19(24)27-17-8-7-16-10-18-20(13(3)11-25-18)21(26-15(5)23)22(16,6)14(17)4/h9,11,14,16-17,21H,7-8,10H2,1-6H3/t14-,16+,17-,21+,22+/m0/s1. The van der Waals surface area contributed by atoms with E-state index in [0.717, 1.165) is 41.7 Å². The minimum atomic E-state index is -0.387. The van der Waals surface area contributed by atoms with E-state index in [0.29, 0.717) is 5.92 Å². The van der Waals surface area contributed by atoms with Crippen molar-refractivity contribution in [2.45, 2.75) is 73.0 Å². The van der Waals surface area contributed by atoms with Crippen molar-refractivity contribution in [2.24, 2.45) is 17.3 Å². The molecular formula is C22H30O5. The number of carbonyl (C=O) groups excluding carboxylic acids is 2. The van der Waals surface area contributed by atoms with E-state index in [9.17, 15) is 9.59 Å². The number of carbonyl (C=O) groups is 2. The van der Waals surface area contributed by atoms with Crippen LogP contribution in [0.2, 0.25) is 0 Å². The maximum atomic E-state index is 12.2. The minimum absolute atomic E-state index is 0.0533. The maximum absolute atomic E-state index is 12.2. The van der Waals surface area contributed by atoms with Gasteiger partial charge in [0.05, 0.1) is 6.26 Å². The molecule has 3 rings (SSSR count). The summed E-state index contributed by atoms with van der Waals surface area (Å²) in [6.07, 6.45) is 5.25. The monoisotopic (exact) mass is 374 g/mol. The molecule has 0 aromatic carbocycles. The van der Waals surface area contributed by atoms with Gasteiger partial charge in [0, 0.05) is 36.3 Å². The lowest BCUT2D eigenvalue weighted by atomic mass is 9.53. The average molecular weight is 374 g/mol. The molecule has 0 spiro atoms. The average Bonchev–Trinajstić information content (AvgIpc) is 2.92. The molecule has 2 aliphatic carbocycles. The lowest BCUT2D eigenvalue weighted by Crippen LogP contribution is -2.53. The van der Waals surface area contributed by atoms with E-state index in [1.807, 2.05) is 20.8 Å². The summed E-state index contributed by atoms with van der Waals surface area (Å²) in [5.74, 6) is 0.692. The van der Waals surface area contributed by atoms with Crippen LogP contribution in [0.15, 0.2) is 22.3 Å². The van der Waals surface area contributed by atoms with Gasteiger partial charge in [-0.15, -0.1) is 0 Å². The Morgan fingerprint density at radius 3 is 2.56 bits per heavy atom. The van der Waals surface area contributed by atoms with E-state index in [1.54, 1.807) is 6.26 Å². The molecule has 0 N–H and O–H groups in total. The highest BCUT2D eigenvalue weighted by molar-refractivity contribution is 5.82. The number of hydrogen-bond donors (Lipinski definition) is 0. The summed E-state index contributed by atoms with van der Waals surface area (Å²) in [6.45, 7) is 11.5. The van der Waals surface area contributed by atoms with Gasteiger partial charge >= 0.3 is 11.9 Å². The molecule has 1 fully saturated rings. The predicted octanol–water partition coefficient (Wildman–Crippen LogP) is 4.68. The van der Waals surface area contributed by atoms with Crippen molar-refractivity contribution in [3.8, 4) is 0 Å². The second-order valence-electron chi connectivity index (χ2n) is 8.58. The molecular weight excluding hydrogens is 344 g/mol. The van der Waals surface area contributed by atoms with E-state index in [1.165, 1.54) is 13.0 Å².